The van der Waals surface area contributed by atoms with Gasteiger partial charge in [0.25, 0.3) is 0 Å². The quantitative estimate of drug-likeness (QED) is 0.661. The molecule has 1 aromatic heterocycles. The van der Waals surface area contributed by atoms with Crippen LogP contribution in [-0.2, 0) is 0 Å². The Bertz CT molecular complexity index is 594. The van der Waals surface area contributed by atoms with E-state index in [9.17, 15) is 10.1 Å². The molecule has 2 N–H and O–H groups in total. The second-order valence-corrected chi connectivity index (χ2v) is 3.67. The van der Waals surface area contributed by atoms with E-state index in [0.717, 1.165) is 5.56 Å². The van der Waals surface area contributed by atoms with Crippen LogP contribution in [0.3, 0.4) is 0 Å². The number of nitrogens with zero attached hydrogens (tertiary/aromatic N) is 2. The van der Waals surface area contributed by atoms with E-state index < -0.39 is 4.92 Å². The molecule has 0 saturated heterocycles. The van der Waals surface area contributed by atoms with E-state index in [2.05, 4.69) is 4.98 Å². The number of aromatic nitrogens is 1. The van der Waals surface area contributed by atoms with Gasteiger partial charge >= 0.3 is 5.69 Å². The average Bonchev–Trinajstić information content (AvgIpc) is 2.37. The smallest absolute Gasteiger partial charge is 0.302 e. The van der Waals surface area contributed by atoms with Gasteiger partial charge in [0.05, 0.1) is 16.7 Å². The first-order valence-electron chi connectivity index (χ1n) is 5.29. The first-order valence-corrected chi connectivity index (χ1v) is 5.29. The maximum atomic E-state index is 10.9. The highest BCUT2D eigenvalue weighted by Gasteiger charge is 2.16. The van der Waals surface area contributed by atoms with Crippen molar-refractivity contribution in [2.75, 3.05) is 5.73 Å². The average molecular weight is 241 g/mol. The molecule has 2 aromatic rings. The fourth-order valence-electron chi connectivity index (χ4n) is 1.57. The fraction of sp³-hybridized carbons (Fsp3) is 0. The summed E-state index contributed by atoms with van der Waals surface area (Å²) in [6, 6.07) is 9.50. The van der Waals surface area contributed by atoms with Crippen molar-refractivity contribution in [3.8, 4) is 0 Å². The Labute approximate surface area is 104 Å². The van der Waals surface area contributed by atoms with Gasteiger partial charge in [-0.2, -0.15) is 0 Å². The number of anilines is 1. The third kappa shape index (κ3) is 2.52. The zero-order chi connectivity index (χ0) is 13.0. The van der Waals surface area contributed by atoms with Crippen molar-refractivity contribution in [2.45, 2.75) is 0 Å². The summed E-state index contributed by atoms with van der Waals surface area (Å²) in [5.74, 6) is 0. The molecule has 0 aliphatic heterocycles. The topological polar surface area (TPSA) is 82.0 Å². The number of nitrogens with two attached hydrogens (primary N) is 1. The predicted octanol–water partition coefficient (Wildman–Crippen LogP) is 2.74. The van der Waals surface area contributed by atoms with Gasteiger partial charge in [0.1, 0.15) is 5.69 Å². The number of hydrogen-bond acceptors (Lipinski definition) is 4. The van der Waals surface area contributed by atoms with Crippen LogP contribution in [0, 0.1) is 10.1 Å². The van der Waals surface area contributed by atoms with E-state index in [4.69, 9.17) is 5.73 Å². The molecule has 1 aromatic carbocycles. The first kappa shape index (κ1) is 11.8. The Kier molecular flexibility index (Phi) is 3.33. The van der Waals surface area contributed by atoms with Crippen molar-refractivity contribution >= 4 is 23.5 Å². The molecule has 5 heteroatoms. The minimum atomic E-state index is -0.498. The Morgan fingerprint density at radius 1 is 1.17 bits per heavy atom. The molecule has 90 valence electrons. The van der Waals surface area contributed by atoms with Gasteiger partial charge in [0, 0.05) is 6.20 Å². The summed E-state index contributed by atoms with van der Waals surface area (Å²) in [6.07, 6.45) is 6.12. The molecule has 0 aliphatic rings. The lowest BCUT2D eigenvalue weighted by Crippen LogP contribution is -1.98. The lowest BCUT2D eigenvalue weighted by Gasteiger charge is -2.00. The van der Waals surface area contributed by atoms with Crippen LogP contribution in [0.1, 0.15) is 11.1 Å². The van der Waals surface area contributed by atoms with Crippen LogP contribution in [0.15, 0.2) is 42.7 Å². The third-order valence-corrected chi connectivity index (χ3v) is 2.41. The standard InChI is InChI=1S/C13H11N3O2/c14-12-9-15-8-11(13(12)16(17)18)7-6-10-4-2-1-3-5-10/h1-9H,14H2. The summed E-state index contributed by atoms with van der Waals surface area (Å²) in [5.41, 5.74) is 6.85. The lowest BCUT2D eigenvalue weighted by atomic mass is 10.1. The Hall–Kier alpha value is -2.69. The van der Waals surface area contributed by atoms with Gasteiger partial charge in [-0.25, -0.2) is 0 Å². The summed E-state index contributed by atoms with van der Waals surface area (Å²) in [4.78, 5) is 14.3. The minimum Gasteiger partial charge on any atom is -0.392 e. The van der Waals surface area contributed by atoms with Crippen molar-refractivity contribution in [3.63, 3.8) is 0 Å². The molecule has 0 bridgehead atoms. The van der Waals surface area contributed by atoms with Crippen LogP contribution in [0.2, 0.25) is 0 Å². The van der Waals surface area contributed by atoms with Crippen molar-refractivity contribution in [1.82, 2.24) is 4.98 Å². The van der Waals surface area contributed by atoms with E-state index in [0.29, 0.717) is 5.56 Å². The van der Waals surface area contributed by atoms with Crippen LogP contribution >= 0.6 is 0 Å². The second kappa shape index (κ2) is 5.09. The predicted molar refractivity (Wildman–Crippen MR) is 70.7 cm³/mol. The van der Waals surface area contributed by atoms with Gasteiger partial charge in [0.2, 0.25) is 0 Å². The fourth-order valence-corrected chi connectivity index (χ4v) is 1.57. The zero-order valence-electron chi connectivity index (χ0n) is 9.48. The molecule has 0 aliphatic carbocycles. The van der Waals surface area contributed by atoms with E-state index in [1.807, 2.05) is 30.3 Å². The van der Waals surface area contributed by atoms with Crippen LogP contribution < -0.4 is 5.73 Å². The van der Waals surface area contributed by atoms with Gasteiger partial charge in [-0.05, 0) is 11.6 Å². The molecular formula is C13H11N3O2. The van der Waals surface area contributed by atoms with Crippen LogP contribution in [0.4, 0.5) is 11.4 Å². The van der Waals surface area contributed by atoms with Crippen LogP contribution in [0.25, 0.3) is 12.2 Å². The Morgan fingerprint density at radius 3 is 2.56 bits per heavy atom. The molecule has 0 atom stereocenters. The minimum absolute atomic E-state index is 0.0650. The summed E-state index contributed by atoms with van der Waals surface area (Å²) in [6.45, 7) is 0. The highest BCUT2D eigenvalue weighted by Crippen LogP contribution is 2.26. The summed E-state index contributed by atoms with van der Waals surface area (Å²) in [5, 5.41) is 10.9. The second-order valence-electron chi connectivity index (χ2n) is 3.67. The van der Waals surface area contributed by atoms with Gasteiger partial charge in [-0.1, -0.05) is 36.4 Å². The molecule has 1 heterocycles. The van der Waals surface area contributed by atoms with Gasteiger partial charge in [-0.15, -0.1) is 0 Å². The largest absolute Gasteiger partial charge is 0.392 e. The number of benzene rings is 1. The maximum Gasteiger partial charge on any atom is 0.302 e. The highest BCUT2D eigenvalue weighted by molar-refractivity contribution is 5.77. The molecule has 0 radical (unpaired) electrons. The number of pyridine rings is 1. The molecule has 0 fully saturated rings. The van der Waals surface area contributed by atoms with Gasteiger partial charge < -0.3 is 5.73 Å². The van der Waals surface area contributed by atoms with Crippen molar-refractivity contribution in [2.24, 2.45) is 0 Å². The van der Waals surface area contributed by atoms with Crippen molar-refractivity contribution in [3.05, 3.63) is 64.0 Å². The number of nitrogen functional groups attached to an aromatic ring is 1. The number of hydrogen-bond donors (Lipinski definition) is 1. The number of nitro groups is 1. The molecule has 0 unspecified atom stereocenters. The maximum absolute atomic E-state index is 10.9. The van der Waals surface area contributed by atoms with E-state index >= 15 is 0 Å². The summed E-state index contributed by atoms with van der Waals surface area (Å²) < 4.78 is 0. The lowest BCUT2D eigenvalue weighted by molar-refractivity contribution is -0.384. The Morgan fingerprint density at radius 2 is 1.89 bits per heavy atom. The highest BCUT2D eigenvalue weighted by atomic mass is 16.6. The molecule has 2 rings (SSSR count). The van der Waals surface area contributed by atoms with Crippen LogP contribution in [0.5, 0.6) is 0 Å². The van der Waals surface area contributed by atoms with E-state index in [-0.39, 0.29) is 11.4 Å². The molecule has 0 amide bonds. The van der Waals surface area contributed by atoms with Gasteiger partial charge in [0.15, 0.2) is 0 Å². The van der Waals surface area contributed by atoms with Crippen molar-refractivity contribution in [1.29, 1.82) is 0 Å². The normalized spacial score (nSPS) is 10.7. The van der Waals surface area contributed by atoms with Crippen LogP contribution in [-0.4, -0.2) is 9.91 Å². The van der Waals surface area contributed by atoms with E-state index in [1.165, 1.54) is 12.4 Å². The molecule has 0 spiro atoms. The summed E-state index contributed by atoms with van der Waals surface area (Å²) in [7, 11) is 0. The zero-order valence-corrected chi connectivity index (χ0v) is 9.48. The Balaban J connectivity index is 2.38. The van der Waals surface area contributed by atoms with Gasteiger partial charge in [-0.3, -0.25) is 15.1 Å². The molecule has 5 nitrogen and oxygen atoms in total. The van der Waals surface area contributed by atoms with E-state index in [1.54, 1.807) is 12.2 Å². The molecular weight excluding hydrogens is 230 g/mol. The third-order valence-electron chi connectivity index (χ3n) is 2.41. The first-order chi connectivity index (χ1) is 8.68. The number of rotatable bonds is 3. The molecule has 0 saturated carbocycles. The molecule has 18 heavy (non-hydrogen) atoms. The monoisotopic (exact) mass is 241 g/mol. The van der Waals surface area contributed by atoms with Crippen molar-refractivity contribution < 1.29 is 4.92 Å². The summed E-state index contributed by atoms with van der Waals surface area (Å²) >= 11 is 0. The SMILES string of the molecule is Nc1cncc(C=Cc2ccccc2)c1[N+](=O)[O-].